The lowest BCUT2D eigenvalue weighted by molar-refractivity contribution is 0.0872. The first-order valence-corrected chi connectivity index (χ1v) is 2.79. The highest BCUT2D eigenvalue weighted by Gasteiger charge is 2.23. The van der Waals surface area contributed by atoms with E-state index < -0.39 is 6.43 Å². The minimum absolute atomic E-state index is 0. The third kappa shape index (κ3) is 2.45. The highest BCUT2D eigenvalue weighted by Crippen LogP contribution is 2.15. The summed E-state index contributed by atoms with van der Waals surface area (Å²) in [5.74, 6) is -0.380. The molecular weight excluding hydrogens is 148 g/mol. The second-order valence-corrected chi connectivity index (χ2v) is 2.09. The molecule has 0 aromatic carbocycles. The molecule has 1 fully saturated rings. The predicted octanol–water partition coefficient (Wildman–Crippen LogP) is 1.28. The Morgan fingerprint density at radius 2 is 2.11 bits per heavy atom. The second kappa shape index (κ2) is 4.01. The number of hydrogen-bond acceptors (Lipinski definition) is 1. The zero-order valence-corrected chi connectivity index (χ0v) is 5.76. The number of rotatable bonds is 1. The average Bonchev–Trinajstić information content (AvgIpc) is 2.12. The molecule has 1 aliphatic rings. The molecule has 1 atom stereocenters. The minimum Gasteiger partial charge on any atom is -0.316 e. The van der Waals surface area contributed by atoms with Crippen LogP contribution in [0, 0.1) is 5.92 Å². The van der Waals surface area contributed by atoms with Crippen molar-refractivity contribution in [2.75, 3.05) is 13.1 Å². The molecule has 0 aliphatic carbocycles. The fraction of sp³-hybridized carbons (Fsp3) is 1.00. The molecule has 0 spiro atoms. The topological polar surface area (TPSA) is 12.0 Å². The van der Waals surface area contributed by atoms with Crippen molar-refractivity contribution in [2.24, 2.45) is 5.92 Å². The van der Waals surface area contributed by atoms with E-state index in [4.69, 9.17) is 0 Å². The molecule has 0 bridgehead atoms. The van der Waals surface area contributed by atoms with Gasteiger partial charge in [0.05, 0.1) is 0 Å². The molecule has 1 nitrogen and oxygen atoms in total. The van der Waals surface area contributed by atoms with E-state index in [0.29, 0.717) is 13.0 Å². The Kier molecular flexibility index (Phi) is 4.06. The Bertz CT molecular complexity index is 73.4. The van der Waals surface area contributed by atoms with Crippen LogP contribution in [0.15, 0.2) is 0 Å². The van der Waals surface area contributed by atoms with Crippen LogP contribution >= 0.6 is 12.4 Å². The summed E-state index contributed by atoms with van der Waals surface area (Å²) in [6.45, 7) is 1.26. The maximum atomic E-state index is 11.7. The predicted molar refractivity (Wildman–Crippen MR) is 34.2 cm³/mol. The summed E-state index contributed by atoms with van der Waals surface area (Å²) in [6.07, 6.45) is -1.48. The molecular formula is C5H10ClF2N. The third-order valence-corrected chi connectivity index (χ3v) is 1.45. The number of halogens is 3. The Morgan fingerprint density at radius 3 is 2.33 bits per heavy atom. The average molecular weight is 158 g/mol. The first kappa shape index (κ1) is 9.11. The molecule has 1 N–H and O–H groups in total. The minimum atomic E-state index is -2.12. The summed E-state index contributed by atoms with van der Waals surface area (Å²) in [7, 11) is 0. The van der Waals surface area contributed by atoms with Crippen LogP contribution in [0.3, 0.4) is 0 Å². The smallest absolute Gasteiger partial charge is 0.242 e. The molecule has 0 aromatic rings. The number of alkyl halides is 2. The second-order valence-electron chi connectivity index (χ2n) is 2.09. The van der Waals surface area contributed by atoms with Crippen molar-refractivity contribution in [1.29, 1.82) is 0 Å². The largest absolute Gasteiger partial charge is 0.316 e. The Hall–Kier alpha value is 0.110. The fourth-order valence-corrected chi connectivity index (χ4v) is 0.892. The molecule has 9 heavy (non-hydrogen) atoms. The monoisotopic (exact) mass is 157 g/mol. The molecule has 0 amide bonds. The van der Waals surface area contributed by atoms with Crippen LogP contribution in [0.4, 0.5) is 8.78 Å². The lowest BCUT2D eigenvalue weighted by atomic mass is 10.1. The summed E-state index contributed by atoms with van der Waals surface area (Å²) in [5, 5.41) is 2.87. The van der Waals surface area contributed by atoms with Crippen molar-refractivity contribution < 1.29 is 8.78 Å². The molecule has 1 saturated heterocycles. The van der Waals surface area contributed by atoms with Gasteiger partial charge in [-0.2, -0.15) is 0 Å². The molecule has 1 rings (SSSR count). The molecule has 0 radical (unpaired) electrons. The maximum absolute atomic E-state index is 11.7. The molecule has 56 valence electrons. The first-order chi connectivity index (χ1) is 3.80. The molecule has 0 aromatic heterocycles. The van der Waals surface area contributed by atoms with Crippen LogP contribution in [-0.2, 0) is 0 Å². The van der Waals surface area contributed by atoms with Gasteiger partial charge in [-0.15, -0.1) is 12.4 Å². The van der Waals surface area contributed by atoms with Gasteiger partial charge in [-0.3, -0.25) is 0 Å². The van der Waals surface area contributed by atoms with Crippen molar-refractivity contribution in [2.45, 2.75) is 12.8 Å². The highest BCUT2D eigenvalue weighted by molar-refractivity contribution is 5.85. The van der Waals surface area contributed by atoms with Crippen LogP contribution < -0.4 is 5.32 Å². The first-order valence-electron chi connectivity index (χ1n) is 2.79. The lowest BCUT2D eigenvalue weighted by Crippen LogP contribution is -2.14. The van der Waals surface area contributed by atoms with Crippen LogP contribution in [0.2, 0.25) is 0 Å². The summed E-state index contributed by atoms with van der Waals surface area (Å²) < 4.78 is 23.4. The number of nitrogens with one attached hydrogen (secondary N) is 1. The van der Waals surface area contributed by atoms with Gasteiger partial charge in [0.1, 0.15) is 0 Å². The molecule has 1 heterocycles. The maximum Gasteiger partial charge on any atom is 0.242 e. The lowest BCUT2D eigenvalue weighted by Gasteiger charge is -2.03. The van der Waals surface area contributed by atoms with Gasteiger partial charge >= 0.3 is 0 Å². The van der Waals surface area contributed by atoms with E-state index in [1.54, 1.807) is 0 Å². The third-order valence-electron chi connectivity index (χ3n) is 1.45. The van der Waals surface area contributed by atoms with Crippen molar-refractivity contribution in [3.05, 3.63) is 0 Å². The standard InChI is InChI=1S/C5H9F2N.ClH/c6-5(7)4-1-2-8-3-4;/h4-5,8H,1-3H2;1H/t4-;/m1./s1. The Morgan fingerprint density at radius 1 is 1.44 bits per heavy atom. The fourth-order valence-electron chi connectivity index (χ4n) is 0.892. The van der Waals surface area contributed by atoms with Crippen molar-refractivity contribution in [3.8, 4) is 0 Å². The van der Waals surface area contributed by atoms with E-state index in [9.17, 15) is 8.78 Å². The van der Waals surface area contributed by atoms with Crippen LogP contribution in [0.1, 0.15) is 6.42 Å². The summed E-state index contributed by atoms with van der Waals surface area (Å²) in [6, 6.07) is 0. The van der Waals surface area contributed by atoms with Gasteiger partial charge in [-0.05, 0) is 13.0 Å². The molecule has 0 saturated carbocycles. The highest BCUT2D eigenvalue weighted by atomic mass is 35.5. The van der Waals surface area contributed by atoms with E-state index in [1.807, 2.05) is 0 Å². The summed E-state index contributed by atoms with van der Waals surface area (Å²) in [4.78, 5) is 0. The van der Waals surface area contributed by atoms with Gasteiger partial charge < -0.3 is 5.32 Å². The van der Waals surface area contributed by atoms with E-state index in [0.717, 1.165) is 6.54 Å². The van der Waals surface area contributed by atoms with Gasteiger partial charge in [0.15, 0.2) is 0 Å². The van der Waals surface area contributed by atoms with Crippen LogP contribution in [0.25, 0.3) is 0 Å². The van der Waals surface area contributed by atoms with E-state index in [1.165, 1.54) is 0 Å². The Balaban J connectivity index is 0.000000640. The zero-order valence-electron chi connectivity index (χ0n) is 4.94. The summed E-state index contributed by atoms with van der Waals surface area (Å²) in [5.41, 5.74) is 0. The Labute approximate surface area is 59.2 Å². The van der Waals surface area contributed by atoms with Gasteiger partial charge in [0, 0.05) is 12.5 Å². The quantitative estimate of drug-likeness (QED) is 0.605. The zero-order chi connectivity index (χ0) is 5.98. The van der Waals surface area contributed by atoms with Crippen LogP contribution in [0.5, 0.6) is 0 Å². The van der Waals surface area contributed by atoms with E-state index >= 15 is 0 Å². The summed E-state index contributed by atoms with van der Waals surface area (Å²) >= 11 is 0. The van der Waals surface area contributed by atoms with Crippen molar-refractivity contribution >= 4 is 12.4 Å². The SMILES string of the molecule is Cl.FC(F)[C@@H]1CCNC1. The van der Waals surface area contributed by atoms with Crippen molar-refractivity contribution in [1.82, 2.24) is 5.32 Å². The number of hydrogen-bond donors (Lipinski definition) is 1. The van der Waals surface area contributed by atoms with E-state index in [2.05, 4.69) is 5.32 Å². The normalized spacial score (nSPS) is 26.3. The van der Waals surface area contributed by atoms with Crippen LogP contribution in [-0.4, -0.2) is 19.5 Å². The van der Waals surface area contributed by atoms with Crippen molar-refractivity contribution in [3.63, 3.8) is 0 Å². The van der Waals surface area contributed by atoms with Gasteiger partial charge in [0.25, 0.3) is 0 Å². The molecule has 1 aliphatic heterocycles. The van der Waals surface area contributed by atoms with Gasteiger partial charge in [0.2, 0.25) is 6.43 Å². The van der Waals surface area contributed by atoms with Gasteiger partial charge in [-0.25, -0.2) is 8.78 Å². The molecule has 4 heteroatoms. The molecule has 0 unspecified atom stereocenters. The van der Waals surface area contributed by atoms with E-state index in [-0.39, 0.29) is 18.3 Å². The van der Waals surface area contributed by atoms with Gasteiger partial charge in [-0.1, -0.05) is 0 Å².